The number of likely N-dealkylation sites (N-methyl/N-ethyl adjacent to an activating group) is 1. The highest BCUT2D eigenvalue weighted by Gasteiger charge is 2.18. The molecule has 0 amide bonds. The maximum absolute atomic E-state index is 9.46. The maximum Gasteiger partial charge on any atom is 0.0762 e. The smallest absolute Gasteiger partial charge is 0.0762 e. The summed E-state index contributed by atoms with van der Waals surface area (Å²) in [5.41, 5.74) is 3.75. The summed E-state index contributed by atoms with van der Waals surface area (Å²) < 4.78 is 0. The molecule has 1 heterocycles. The second-order valence-corrected chi connectivity index (χ2v) is 3.89. The fourth-order valence-corrected chi connectivity index (χ4v) is 2.08. The van der Waals surface area contributed by atoms with Crippen LogP contribution in [-0.2, 0) is 6.42 Å². The van der Waals surface area contributed by atoms with E-state index in [-0.39, 0.29) is 6.10 Å². The van der Waals surface area contributed by atoms with Crippen molar-refractivity contribution in [2.24, 2.45) is 0 Å². The molecule has 0 saturated carbocycles. The summed E-state index contributed by atoms with van der Waals surface area (Å²) in [7, 11) is 0. The molecule has 0 fully saturated rings. The topological polar surface area (TPSA) is 23.5 Å². The summed E-state index contributed by atoms with van der Waals surface area (Å²) in [6, 6.07) is 6.29. The highest BCUT2D eigenvalue weighted by molar-refractivity contribution is 5.59. The first-order valence-electron chi connectivity index (χ1n) is 5.28. The first-order chi connectivity index (χ1) is 6.72. The van der Waals surface area contributed by atoms with E-state index in [4.69, 9.17) is 0 Å². The summed E-state index contributed by atoms with van der Waals surface area (Å²) in [6.07, 6.45) is 0.764. The Hall–Kier alpha value is -1.02. The largest absolute Gasteiger partial charge is 0.389 e. The average molecular weight is 191 g/mol. The lowest BCUT2D eigenvalue weighted by Gasteiger charge is -2.16. The Kier molecular flexibility index (Phi) is 2.46. The van der Waals surface area contributed by atoms with E-state index in [0.29, 0.717) is 0 Å². The monoisotopic (exact) mass is 191 g/mol. The van der Waals surface area contributed by atoms with Gasteiger partial charge in [-0.2, -0.15) is 0 Å². The van der Waals surface area contributed by atoms with Crippen molar-refractivity contribution in [3.8, 4) is 0 Å². The second kappa shape index (κ2) is 3.62. The summed E-state index contributed by atoms with van der Waals surface area (Å²) in [5.74, 6) is 0. The van der Waals surface area contributed by atoms with Gasteiger partial charge in [0.1, 0.15) is 0 Å². The first-order valence-corrected chi connectivity index (χ1v) is 5.28. The molecule has 1 aromatic carbocycles. The van der Waals surface area contributed by atoms with Gasteiger partial charge in [0.15, 0.2) is 0 Å². The van der Waals surface area contributed by atoms with Crippen molar-refractivity contribution in [2.45, 2.75) is 26.4 Å². The normalized spacial score (nSPS) is 16.9. The third-order valence-electron chi connectivity index (χ3n) is 2.96. The van der Waals surface area contributed by atoms with Crippen LogP contribution >= 0.6 is 0 Å². The standard InChI is InChI=1S/C12H17NO/c1-3-13-7-6-11-8-10(9(2)14)4-5-12(11)13/h4-5,8-9,14H,3,6-7H2,1-2H3/t9-/m1/s1. The molecule has 2 nitrogen and oxygen atoms in total. The Balaban J connectivity index is 2.34. The molecule has 76 valence electrons. The van der Waals surface area contributed by atoms with Gasteiger partial charge in [-0.25, -0.2) is 0 Å². The van der Waals surface area contributed by atoms with Gasteiger partial charge in [0.2, 0.25) is 0 Å². The zero-order valence-corrected chi connectivity index (χ0v) is 8.83. The van der Waals surface area contributed by atoms with Crippen LogP contribution in [0, 0.1) is 0 Å². The van der Waals surface area contributed by atoms with Crippen LogP contribution in [0.1, 0.15) is 31.1 Å². The number of nitrogens with zero attached hydrogens (tertiary/aromatic N) is 1. The van der Waals surface area contributed by atoms with Gasteiger partial charge in [-0.05, 0) is 37.5 Å². The third kappa shape index (κ3) is 1.50. The molecular formula is C12H17NO. The molecule has 1 atom stereocenters. The zero-order valence-electron chi connectivity index (χ0n) is 8.83. The predicted octanol–water partition coefficient (Wildman–Crippen LogP) is 2.12. The number of rotatable bonds is 2. The van der Waals surface area contributed by atoms with Crippen molar-refractivity contribution in [3.63, 3.8) is 0 Å². The average Bonchev–Trinajstić information content (AvgIpc) is 2.59. The van der Waals surface area contributed by atoms with Gasteiger partial charge in [0.25, 0.3) is 0 Å². The Morgan fingerprint density at radius 2 is 2.29 bits per heavy atom. The van der Waals surface area contributed by atoms with Crippen LogP contribution in [0.5, 0.6) is 0 Å². The van der Waals surface area contributed by atoms with Gasteiger partial charge >= 0.3 is 0 Å². The highest BCUT2D eigenvalue weighted by Crippen LogP contribution is 2.29. The van der Waals surface area contributed by atoms with Crippen molar-refractivity contribution in [1.29, 1.82) is 0 Å². The third-order valence-corrected chi connectivity index (χ3v) is 2.96. The van der Waals surface area contributed by atoms with Crippen molar-refractivity contribution in [3.05, 3.63) is 29.3 Å². The van der Waals surface area contributed by atoms with Crippen molar-refractivity contribution in [1.82, 2.24) is 0 Å². The quantitative estimate of drug-likeness (QED) is 0.774. The van der Waals surface area contributed by atoms with Crippen LogP contribution in [0.2, 0.25) is 0 Å². The summed E-state index contributed by atoms with van der Waals surface area (Å²) >= 11 is 0. The van der Waals surface area contributed by atoms with Crippen LogP contribution in [0.25, 0.3) is 0 Å². The Bertz CT molecular complexity index is 333. The summed E-state index contributed by atoms with van der Waals surface area (Å²) in [6.45, 7) is 6.18. The fourth-order valence-electron chi connectivity index (χ4n) is 2.08. The lowest BCUT2D eigenvalue weighted by molar-refractivity contribution is 0.199. The Labute approximate surface area is 85.2 Å². The molecule has 1 aliphatic heterocycles. The van der Waals surface area contributed by atoms with Gasteiger partial charge in [-0.1, -0.05) is 12.1 Å². The van der Waals surface area contributed by atoms with Crippen LogP contribution in [0.3, 0.4) is 0 Å². The van der Waals surface area contributed by atoms with Gasteiger partial charge in [-0.15, -0.1) is 0 Å². The molecule has 2 rings (SSSR count). The fraction of sp³-hybridized carbons (Fsp3) is 0.500. The number of fused-ring (bicyclic) bond motifs is 1. The van der Waals surface area contributed by atoms with E-state index in [0.717, 1.165) is 25.1 Å². The molecule has 0 unspecified atom stereocenters. The van der Waals surface area contributed by atoms with Gasteiger partial charge in [0, 0.05) is 18.8 Å². The van der Waals surface area contributed by atoms with E-state index in [1.165, 1.54) is 11.3 Å². The second-order valence-electron chi connectivity index (χ2n) is 3.89. The van der Waals surface area contributed by atoms with E-state index in [1.54, 1.807) is 0 Å². The van der Waals surface area contributed by atoms with Crippen molar-refractivity contribution >= 4 is 5.69 Å². The molecule has 1 aliphatic rings. The molecule has 0 bridgehead atoms. The number of aliphatic hydroxyl groups excluding tert-OH is 1. The van der Waals surface area contributed by atoms with E-state index in [2.05, 4.69) is 24.0 Å². The maximum atomic E-state index is 9.46. The first kappa shape index (κ1) is 9.53. The van der Waals surface area contributed by atoms with Crippen LogP contribution in [0.4, 0.5) is 5.69 Å². The molecule has 0 spiro atoms. The highest BCUT2D eigenvalue weighted by atomic mass is 16.3. The number of aliphatic hydroxyl groups is 1. The molecule has 1 N–H and O–H groups in total. The zero-order chi connectivity index (χ0) is 10.1. The van der Waals surface area contributed by atoms with E-state index in [1.807, 2.05) is 13.0 Å². The number of benzene rings is 1. The van der Waals surface area contributed by atoms with E-state index >= 15 is 0 Å². The lowest BCUT2D eigenvalue weighted by Crippen LogP contribution is -2.19. The van der Waals surface area contributed by atoms with E-state index in [9.17, 15) is 5.11 Å². The molecule has 1 aromatic rings. The minimum Gasteiger partial charge on any atom is -0.389 e. The Morgan fingerprint density at radius 1 is 1.50 bits per heavy atom. The summed E-state index contributed by atoms with van der Waals surface area (Å²) in [5, 5.41) is 9.46. The van der Waals surface area contributed by atoms with Crippen LogP contribution in [-0.4, -0.2) is 18.2 Å². The van der Waals surface area contributed by atoms with Crippen molar-refractivity contribution < 1.29 is 5.11 Å². The molecule has 0 aliphatic carbocycles. The predicted molar refractivity (Wildman–Crippen MR) is 58.7 cm³/mol. The molecule has 0 aromatic heterocycles. The van der Waals surface area contributed by atoms with Crippen LogP contribution in [0.15, 0.2) is 18.2 Å². The molecular weight excluding hydrogens is 174 g/mol. The van der Waals surface area contributed by atoms with Crippen molar-refractivity contribution in [2.75, 3.05) is 18.0 Å². The molecule has 0 saturated heterocycles. The number of anilines is 1. The van der Waals surface area contributed by atoms with Gasteiger partial charge in [0.05, 0.1) is 6.10 Å². The minimum absolute atomic E-state index is 0.351. The minimum atomic E-state index is -0.351. The van der Waals surface area contributed by atoms with Gasteiger partial charge < -0.3 is 10.0 Å². The van der Waals surface area contributed by atoms with E-state index < -0.39 is 0 Å². The Morgan fingerprint density at radius 3 is 2.93 bits per heavy atom. The molecule has 0 radical (unpaired) electrons. The number of hydrogen-bond donors (Lipinski definition) is 1. The lowest BCUT2D eigenvalue weighted by atomic mass is 10.1. The van der Waals surface area contributed by atoms with Gasteiger partial charge in [-0.3, -0.25) is 0 Å². The number of hydrogen-bond acceptors (Lipinski definition) is 2. The SMILES string of the molecule is CCN1CCc2cc([C@@H](C)O)ccc21. The van der Waals surface area contributed by atoms with Crippen LogP contribution < -0.4 is 4.90 Å². The molecule has 2 heteroatoms. The molecule has 14 heavy (non-hydrogen) atoms. The summed E-state index contributed by atoms with van der Waals surface area (Å²) in [4.78, 5) is 2.38.